The number of amides is 2. The van der Waals surface area contributed by atoms with E-state index in [1.165, 1.54) is 0 Å². The van der Waals surface area contributed by atoms with Crippen LogP contribution in [0.15, 0.2) is 65.2 Å². The number of carbonyl (C=O) groups is 2. The Labute approximate surface area is 157 Å². The van der Waals surface area contributed by atoms with Crippen LogP contribution in [0.1, 0.15) is 10.5 Å². The molecule has 0 aliphatic carbocycles. The summed E-state index contributed by atoms with van der Waals surface area (Å²) in [5, 5.41) is 9.39. The van der Waals surface area contributed by atoms with Crippen molar-refractivity contribution >= 4 is 23.2 Å². The minimum absolute atomic E-state index is 0.156. The number of anilines is 2. The standard InChI is InChI=1S/C20H20N4O3/c1-24(2)13-19(25)21-15-10-6-7-11-16(15)22-20(26)17-12-18(27-23-17)14-8-4-3-5-9-14/h3-12H,13H2,1-2H3,(H,21,25)(H,22,26). The highest BCUT2D eigenvalue weighted by molar-refractivity contribution is 6.06. The van der Waals surface area contributed by atoms with Gasteiger partial charge >= 0.3 is 0 Å². The van der Waals surface area contributed by atoms with Gasteiger partial charge in [-0.2, -0.15) is 0 Å². The van der Waals surface area contributed by atoms with Crippen LogP contribution in [0.25, 0.3) is 11.3 Å². The molecule has 0 aliphatic heterocycles. The van der Waals surface area contributed by atoms with E-state index in [9.17, 15) is 9.59 Å². The molecule has 2 aromatic carbocycles. The normalized spacial score (nSPS) is 10.6. The third-order valence-electron chi connectivity index (χ3n) is 3.71. The first-order valence-corrected chi connectivity index (χ1v) is 8.40. The first-order chi connectivity index (χ1) is 13.0. The van der Waals surface area contributed by atoms with E-state index in [2.05, 4.69) is 15.8 Å². The average molecular weight is 364 g/mol. The van der Waals surface area contributed by atoms with E-state index in [-0.39, 0.29) is 18.1 Å². The van der Waals surface area contributed by atoms with Crippen molar-refractivity contribution in [3.8, 4) is 11.3 Å². The number of likely N-dealkylation sites (N-methyl/N-ethyl adjacent to an activating group) is 1. The van der Waals surface area contributed by atoms with Gasteiger partial charge in [0.1, 0.15) is 0 Å². The van der Waals surface area contributed by atoms with Crippen molar-refractivity contribution in [2.24, 2.45) is 0 Å². The highest BCUT2D eigenvalue weighted by Gasteiger charge is 2.16. The Morgan fingerprint density at radius 3 is 2.26 bits per heavy atom. The lowest BCUT2D eigenvalue weighted by molar-refractivity contribution is -0.116. The molecule has 3 rings (SSSR count). The van der Waals surface area contributed by atoms with Crippen molar-refractivity contribution in [3.05, 3.63) is 66.4 Å². The second-order valence-electron chi connectivity index (χ2n) is 6.23. The van der Waals surface area contributed by atoms with E-state index in [1.807, 2.05) is 44.4 Å². The van der Waals surface area contributed by atoms with Gasteiger partial charge < -0.3 is 20.1 Å². The Morgan fingerprint density at radius 1 is 0.963 bits per heavy atom. The summed E-state index contributed by atoms with van der Waals surface area (Å²) in [4.78, 5) is 26.3. The van der Waals surface area contributed by atoms with Crippen molar-refractivity contribution in [2.75, 3.05) is 31.3 Å². The zero-order valence-corrected chi connectivity index (χ0v) is 15.1. The second-order valence-corrected chi connectivity index (χ2v) is 6.23. The number of benzene rings is 2. The van der Waals surface area contributed by atoms with Crippen molar-refractivity contribution in [1.82, 2.24) is 10.1 Å². The molecule has 7 heteroatoms. The van der Waals surface area contributed by atoms with Crippen molar-refractivity contribution in [2.45, 2.75) is 0 Å². The number of hydrogen-bond donors (Lipinski definition) is 2. The molecule has 3 aromatic rings. The predicted octanol–water partition coefficient (Wildman–Crippen LogP) is 3.09. The molecule has 0 bridgehead atoms. The Hall–Kier alpha value is -3.45. The fourth-order valence-electron chi connectivity index (χ4n) is 2.49. The molecular weight excluding hydrogens is 344 g/mol. The quantitative estimate of drug-likeness (QED) is 0.702. The summed E-state index contributed by atoms with van der Waals surface area (Å²) < 4.78 is 5.26. The molecule has 0 fully saturated rings. The predicted molar refractivity (Wildman–Crippen MR) is 104 cm³/mol. The van der Waals surface area contributed by atoms with Gasteiger partial charge in [0.25, 0.3) is 5.91 Å². The van der Waals surface area contributed by atoms with Crippen molar-refractivity contribution in [3.63, 3.8) is 0 Å². The van der Waals surface area contributed by atoms with Crippen LogP contribution in [-0.2, 0) is 4.79 Å². The maximum absolute atomic E-state index is 12.5. The summed E-state index contributed by atoms with van der Waals surface area (Å²) >= 11 is 0. The fraction of sp³-hybridized carbons (Fsp3) is 0.150. The van der Waals surface area contributed by atoms with Crippen LogP contribution >= 0.6 is 0 Å². The molecule has 0 radical (unpaired) electrons. The molecule has 138 valence electrons. The molecule has 2 amide bonds. The van der Waals surface area contributed by atoms with E-state index >= 15 is 0 Å². The number of aromatic nitrogens is 1. The highest BCUT2D eigenvalue weighted by atomic mass is 16.5. The molecule has 0 saturated heterocycles. The van der Waals surface area contributed by atoms with Gasteiger partial charge in [-0.1, -0.05) is 47.6 Å². The molecular formula is C20H20N4O3. The number of rotatable bonds is 6. The summed E-state index contributed by atoms with van der Waals surface area (Å²) in [6, 6.07) is 18.0. The summed E-state index contributed by atoms with van der Waals surface area (Å²) in [6.45, 7) is 0.242. The van der Waals surface area contributed by atoms with Gasteiger partial charge in [-0.15, -0.1) is 0 Å². The molecule has 0 aliphatic rings. The minimum Gasteiger partial charge on any atom is -0.355 e. The number of carbonyl (C=O) groups excluding carboxylic acids is 2. The summed E-state index contributed by atoms with van der Waals surface area (Å²) in [6.07, 6.45) is 0. The van der Waals surface area contributed by atoms with Gasteiger partial charge in [-0.05, 0) is 26.2 Å². The minimum atomic E-state index is -0.421. The Balaban J connectivity index is 1.73. The maximum atomic E-state index is 12.5. The van der Waals surface area contributed by atoms with Crippen molar-refractivity contribution < 1.29 is 14.1 Å². The van der Waals surface area contributed by atoms with E-state index in [1.54, 1.807) is 35.2 Å². The van der Waals surface area contributed by atoms with Crippen LogP contribution < -0.4 is 10.6 Å². The topological polar surface area (TPSA) is 87.5 Å². The number of nitrogens with zero attached hydrogens (tertiary/aromatic N) is 2. The molecule has 1 heterocycles. The van der Waals surface area contributed by atoms with E-state index < -0.39 is 5.91 Å². The molecule has 0 unspecified atom stereocenters. The highest BCUT2D eigenvalue weighted by Crippen LogP contribution is 2.23. The van der Waals surface area contributed by atoms with E-state index in [0.29, 0.717) is 17.1 Å². The van der Waals surface area contributed by atoms with Gasteiger partial charge in [0.05, 0.1) is 17.9 Å². The summed E-state index contributed by atoms with van der Waals surface area (Å²) in [7, 11) is 3.62. The molecule has 27 heavy (non-hydrogen) atoms. The lowest BCUT2D eigenvalue weighted by Gasteiger charge is -2.13. The zero-order chi connectivity index (χ0) is 19.2. The Bertz CT molecular complexity index is 935. The number of para-hydroxylation sites is 2. The van der Waals surface area contributed by atoms with Gasteiger partial charge in [0.2, 0.25) is 5.91 Å². The van der Waals surface area contributed by atoms with Crippen LogP contribution in [0.3, 0.4) is 0 Å². The third kappa shape index (κ3) is 4.80. The van der Waals surface area contributed by atoms with Gasteiger partial charge in [0, 0.05) is 11.6 Å². The largest absolute Gasteiger partial charge is 0.355 e. The molecule has 2 N–H and O–H groups in total. The lowest BCUT2D eigenvalue weighted by atomic mass is 10.1. The first-order valence-electron chi connectivity index (χ1n) is 8.40. The molecule has 0 saturated carbocycles. The van der Waals surface area contributed by atoms with Crippen LogP contribution in [0.5, 0.6) is 0 Å². The molecule has 7 nitrogen and oxygen atoms in total. The van der Waals surface area contributed by atoms with Crippen LogP contribution in [0.2, 0.25) is 0 Å². The SMILES string of the molecule is CN(C)CC(=O)Nc1ccccc1NC(=O)c1cc(-c2ccccc2)on1. The van der Waals surface area contributed by atoms with E-state index in [0.717, 1.165) is 5.56 Å². The maximum Gasteiger partial charge on any atom is 0.277 e. The zero-order valence-electron chi connectivity index (χ0n) is 15.1. The first kappa shape index (κ1) is 18.3. The Kier molecular flexibility index (Phi) is 5.63. The average Bonchev–Trinajstić information content (AvgIpc) is 3.14. The third-order valence-corrected chi connectivity index (χ3v) is 3.71. The van der Waals surface area contributed by atoms with Gasteiger partial charge in [0.15, 0.2) is 11.5 Å². The smallest absolute Gasteiger partial charge is 0.277 e. The molecule has 1 aromatic heterocycles. The lowest BCUT2D eigenvalue weighted by Crippen LogP contribution is -2.27. The van der Waals surface area contributed by atoms with Crippen LogP contribution in [0.4, 0.5) is 11.4 Å². The summed E-state index contributed by atoms with van der Waals surface area (Å²) in [5.41, 5.74) is 1.99. The fourth-order valence-corrected chi connectivity index (χ4v) is 2.49. The molecule has 0 atom stereocenters. The van der Waals surface area contributed by atoms with Gasteiger partial charge in [-0.3, -0.25) is 9.59 Å². The van der Waals surface area contributed by atoms with Gasteiger partial charge in [-0.25, -0.2) is 0 Å². The summed E-state index contributed by atoms with van der Waals surface area (Å²) in [5.74, 6) is -0.0851. The Morgan fingerprint density at radius 2 is 1.59 bits per heavy atom. The number of nitrogens with one attached hydrogen (secondary N) is 2. The van der Waals surface area contributed by atoms with Crippen LogP contribution in [0, 0.1) is 0 Å². The number of hydrogen-bond acceptors (Lipinski definition) is 5. The second kappa shape index (κ2) is 8.29. The van der Waals surface area contributed by atoms with Crippen LogP contribution in [-0.4, -0.2) is 42.5 Å². The van der Waals surface area contributed by atoms with Crippen molar-refractivity contribution in [1.29, 1.82) is 0 Å². The van der Waals surface area contributed by atoms with E-state index in [4.69, 9.17) is 4.52 Å². The monoisotopic (exact) mass is 364 g/mol. The molecule has 0 spiro atoms.